The van der Waals surface area contributed by atoms with Crippen molar-refractivity contribution in [3.05, 3.63) is 64.6 Å². The minimum absolute atomic E-state index is 0.0213. The minimum atomic E-state index is -0.797. The Morgan fingerprint density at radius 1 is 1.09 bits per heavy atom. The Morgan fingerprint density at radius 3 is 2.62 bits per heavy atom. The molecule has 0 saturated carbocycles. The Labute approximate surface area is 198 Å². The summed E-state index contributed by atoms with van der Waals surface area (Å²) in [7, 11) is 1.59. The molecule has 2 aromatic carbocycles. The molecule has 0 unspecified atom stereocenters. The molecule has 2 amide bonds. The second-order valence-corrected chi connectivity index (χ2v) is 8.45. The molecular weight excluding hydrogens is 434 g/mol. The van der Waals surface area contributed by atoms with Gasteiger partial charge in [-0.1, -0.05) is 24.3 Å². The van der Waals surface area contributed by atoms with Crippen LogP contribution in [0.5, 0.6) is 5.75 Å². The van der Waals surface area contributed by atoms with Crippen LogP contribution in [-0.2, 0) is 14.3 Å². The number of aromatic nitrogens is 1. The highest BCUT2D eigenvalue weighted by Gasteiger charge is 2.30. The van der Waals surface area contributed by atoms with E-state index in [0.29, 0.717) is 37.4 Å². The van der Waals surface area contributed by atoms with E-state index in [1.165, 1.54) is 4.90 Å². The number of rotatable bonds is 7. The number of hydrogen-bond acceptors (Lipinski definition) is 5. The van der Waals surface area contributed by atoms with Crippen LogP contribution in [0.4, 0.5) is 0 Å². The summed E-state index contributed by atoms with van der Waals surface area (Å²) in [6.45, 7) is 5.59. The molecule has 0 spiro atoms. The van der Waals surface area contributed by atoms with Crippen molar-refractivity contribution in [2.75, 3.05) is 39.9 Å². The van der Waals surface area contributed by atoms with Crippen molar-refractivity contribution >= 4 is 22.6 Å². The van der Waals surface area contributed by atoms with Gasteiger partial charge in [0.2, 0.25) is 5.91 Å². The molecule has 0 aliphatic carbocycles. The largest absolute Gasteiger partial charge is 0.481 e. The molecule has 1 fully saturated rings. The van der Waals surface area contributed by atoms with Gasteiger partial charge in [0.25, 0.3) is 11.5 Å². The molecule has 0 radical (unpaired) electrons. The predicted molar refractivity (Wildman–Crippen MR) is 130 cm³/mol. The molecule has 178 valence electrons. The lowest BCUT2D eigenvalue weighted by Gasteiger charge is -2.35. The van der Waals surface area contributed by atoms with Crippen LogP contribution in [0, 0.1) is 6.92 Å². The van der Waals surface area contributed by atoms with E-state index in [1.807, 2.05) is 37.3 Å². The van der Waals surface area contributed by atoms with Gasteiger partial charge < -0.3 is 24.3 Å². The molecule has 1 aliphatic heterocycles. The molecule has 8 nitrogen and oxygen atoms in total. The lowest BCUT2D eigenvalue weighted by Crippen LogP contribution is -2.55. The van der Waals surface area contributed by atoms with Gasteiger partial charge in [-0.2, -0.15) is 0 Å². The molecule has 1 aliphatic rings. The van der Waals surface area contributed by atoms with Crippen molar-refractivity contribution in [3.8, 4) is 16.9 Å². The first-order valence-corrected chi connectivity index (χ1v) is 11.3. The zero-order valence-corrected chi connectivity index (χ0v) is 19.7. The first kappa shape index (κ1) is 23.5. The van der Waals surface area contributed by atoms with Gasteiger partial charge in [0.1, 0.15) is 5.75 Å². The number of hydrogen-bond donors (Lipinski definition) is 1. The van der Waals surface area contributed by atoms with E-state index in [2.05, 4.69) is 4.98 Å². The van der Waals surface area contributed by atoms with Crippen LogP contribution >= 0.6 is 0 Å². The maximum atomic E-state index is 12.9. The topological polar surface area (TPSA) is 91.9 Å². The Bertz CT molecular complexity index is 1270. The molecule has 1 aromatic heterocycles. The van der Waals surface area contributed by atoms with Crippen LogP contribution in [0.3, 0.4) is 0 Å². The summed E-state index contributed by atoms with van der Waals surface area (Å²) in [5, 5.41) is 1.29. The number of aromatic amines is 1. The standard InChI is InChI=1S/C26H29N3O5/c1-17-6-4-5-7-20(17)23-15-27-25(31)22-14-19(8-9-21(22)23)34-18(2)26(32)29-11-10-28(12-13-33-3)24(30)16-29/h4-9,14-15,18H,10-13,16H2,1-3H3,(H,27,31)/t18-/m1/s1. The number of fused-ring (bicyclic) bond motifs is 1. The molecule has 34 heavy (non-hydrogen) atoms. The van der Waals surface area contributed by atoms with Crippen LogP contribution in [-0.4, -0.2) is 72.6 Å². The summed E-state index contributed by atoms with van der Waals surface area (Å²) in [5.74, 6) is 0.0538. The number of aryl methyl sites for hydroxylation is 1. The smallest absolute Gasteiger partial charge is 0.263 e. The van der Waals surface area contributed by atoms with Crippen molar-refractivity contribution in [1.29, 1.82) is 0 Å². The van der Waals surface area contributed by atoms with E-state index in [1.54, 1.807) is 37.3 Å². The normalized spacial score (nSPS) is 15.0. The first-order chi connectivity index (χ1) is 16.4. The summed E-state index contributed by atoms with van der Waals surface area (Å²) in [5.41, 5.74) is 2.84. The van der Waals surface area contributed by atoms with Crippen molar-refractivity contribution in [1.82, 2.24) is 14.8 Å². The Morgan fingerprint density at radius 2 is 1.88 bits per heavy atom. The number of methoxy groups -OCH3 is 1. The fourth-order valence-corrected chi connectivity index (χ4v) is 4.26. The lowest BCUT2D eigenvalue weighted by molar-refractivity contribution is -0.149. The first-order valence-electron chi connectivity index (χ1n) is 11.3. The third kappa shape index (κ3) is 4.82. The summed E-state index contributed by atoms with van der Waals surface area (Å²) in [6, 6.07) is 13.3. The van der Waals surface area contributed by atoms with Gasteiger partial charge in [0.15, 0.2) is 6.10 Å². The van der Waals surface area contributed by atoms with Crippen LogP contribution in [0.2, 0.25) is 0 Å². The van der Waals surface area contributed by atoms with Gasteiger partial charge in [0.05, 0.1) is 18.5 Å². The number of pyridine rings is 1. The molecule has 1 N–H and O–H groups in total. The average molecular weight is 464 g/mol. The zero-order valence-electron chi connectivity index (χ0n) is 19.7. The SMILES string of the molecule is COCCN1CCN(C(=O)[C@@H](C)Oc2ccc3c(-c4ccccc4C)c[nH]c(=O)c3c2)CC1=O. The van der Waals surface area contributed by atoms with Gasteiger partial charge >= 0.3 is 0 Å². The molecule has 0 bridgehead atoms. The van der Waals surface area contributed by atoms with Crippen LogP contribution in [0.15, 0.2) is 53.5 Å². The van der Waals surface area contributed by atoms with Crippen LogP contribution < -0.4 is 10.3 Å². The van der Waals surface area contributed by atoms with Crippen LogP contribution in [0.1, 0.15) is 12.5 Å². The number of benzene rings is 2. The number of carbonyl (C=O) groups excluding carboxylic acids is 2. The van der Waals surface area contributed by atoms with Gasteiger partial charge in [0, 0.05) is 38.5 Å². The van der Waals surface area contributed by atoms with Crippen LogP contribution in [0.25, 0.3) is 21.9 Å². The summed E-state index contributed by atoms with van der Waals surface area (Å²) >= 11 is 0. The van der Waals surface area contributed by atoms with Crippen molar-refractivity contribution in [2.24, 2.45) is 0 Å². The van der Waals surface area contributed by atoms with E-state index >= 15 is 0 Å². The van der Waals surface area contributed by atoms with Gasteiger partial charge in [-0.15, -0.1) is 0 Å². The van der Waals surface area contributed by atoms with Crippen molar-refractivity contribution < 1.29 is 19.1 Å². The number of ether oxygens (including phenoxy) is 2. The number of carbonyl (C=O) groups is 2. The molecule has 1 atom stereocenters. The van der Waals surface area contributed by atoms with Gasteiger partial charge in [-0.3, -0.25) is 14.4 Å². The average Bonchev–Trinajstić information content (AvgIpc) is 2.84. The van der Waals surface area contributed by atoms with E-state index in [9.17, 15) is 14.4 Å². The third-order valence-electron chi connectivity index (χ3n) is 6.16. The lowest BCUT2D eigenvalue weighted by atomic mass is 9.97. The second kappa shape index (κ2) is 10.1. The molecule has 2 heterocycles. The maximum absolute atomic E-state index is 12.9. The van der Waals surface area contributed by atoms with E-state index < -0.39 is 6.10 Å². The molecule has 8 heteroatoms. The fourth-order valence-electron chi connectivity index (χ4n) is 4.26. The summed E-state index contributed by atoms with van der Waals surface area (Å²) in [6.07, 6.45) is 0.928. The highest BCUT2D eigenvalue weighted by Crippen LogP contribution is 2.30. The molecule has 4 rings (SSSR count). The number of amides is 2. The van der Waals surface area contributed by atoms with Crippen molar-refractivity contribution in [3.63, 3.8) is 0 Å². The number of nitrogens with zero attached hydrogens (tertiary/aromatic N) is 2. The second-order valence-electron chi connectivity index (χ2n) is 8.45. The summed E-state index contributed by atoms with van der Waals surface area (Å²) in [4.78, 5) is 43.9. The molecule has 3 aromatic rings. The maximum Gasteiger partial charge on any atom is 0.263 e. The highest BCUT2D eigenvalue weighted by molar-refractivity contribution is 5.97. The van der Waals surface area contributed by atoms with Gasteiger partial charge in [-0.25, -0.2) is 0 Å². The van der Waals surface area contributed by atoms with E-state index in [4.69, 9.17) is 9.47 Å². The highest BCUT2D eigenvalue weighted by atomic mass is 16.5. The van der Waals surface area contributed by atoms with Crippen molar-refractivity contribution in [2.45, 2.75) is 20.0 Å². The van der Waals surface area contributed by atoms with E-state index in [-0.39, 0.29) is 23.9 Å². The molecular formula is C26H29N3O5. The van der Waals surface area contributed by atoms with Gasteiger partial charge in [-0.05, 0) is 48.6 Å². The summed E-state index contributed by atoms with van der Waals surface area (Å²) < 4.78 is 10.9. The Hall–Kier alpha value is -3.65. The number of H-pyrrole nitrogens is 1. The van der Waals surface area contributed by atoms with E-state index in [0.717, 1.165) is 22.1 Å². The fraction of sp³-hybridized carbons (Fsp3) is 0.346. The zero-order chi connectivity index (χ0) is 24.2. The third-order valence-corrected chi connectivity index (χ3v) is 6.16. The predicted octanol–water partition coefficient (Wildman–Crippen LogP) is 2.59. The Kier molecular flexibility index (Phi) is 6.98. The number of nitrogens with one attached hydrogen (secondary N) is 1. The number of piperazine rings is 1. The molecule has 1 saturated heterocycles. The quantitative estimate of drug-likeness (QED) is 0.582. The Balaban J connectivity index is 1.51. The monoisotopic (exact) mass is 463 g/mol. The minimum Gasteiger partial charge on any atom is -0.481 e.